The van der Waals surface area contributed by atoms with Crippen molar-refractivity contribution in [2.24, 2.45) is 0 Å². The predicted molar refractivity (Wildman–Crippen MR) is 87.3 cm³/mol. The molecule has 3 rings (SSSR count). The third-order valence-corrected chi connectivity index (χ3v) is 3.46. The number of nitrogens with zero attached hydrogens (tertiary/aromatic N) is 5. The Hall–Kier alpha value is -2.96. The molecule has 2 heterocycles. The number of fused-ring (bicyclic) bond motifs is 1. The highest BCUT2D eigenvalue weighted by Crippen LogP contribution is 2.13. The normalized spacial score (nSPS) is 10.7. The molecule has 3 aromatic rings. The molecule has 1 amide bonds. The molecule has 1 N–H and O–H groups in total. The fourth-order valence-electron chi connectivity index (χ4n) is 2.27. The Labute approximate surface area is 134 Å². The number of hydrogen-bond donors (Lipinski definition) is 1. The fraction of sp³-hybridized carbons (Fsp3) is 0.250. The van der Waals surface area contributed by atoms with E-state index < -0.39 is 0 Å². The Kier molecular flexibility index (Phi) is 3.92. The second kappa shape index (κ2) is 6.04. The van der Waals surface area contributed by atoms with Gasteiger partial charge in [0.15, 0.2) is 0 Å². The highest BCUT2D eigenvalue weighted by molar-refractivity contribution is 5.93. The maximum absolute atomic E-state index is 11.9. The van der Waals surface area contributed by atoms with E-state index in [0.29, 0.717) is 17.9 Å². The van der Waals surface area contributed by atoms with Crippen molar-refractivity contribution in [1.82, 2.24) is 24.5 Å². The smallest absolute Gasteiger partial charge is 0.254 e. The van der Waals surface area contributed by atoms with E-state index in [0.717, 1.165) is 17.1 Å². The molecule has 7 heteroatoms. The van der Waals surface area contributed by atoms with E-state index in [4.69, 9.17) is 0 Å². The fourth-order valence-corrected chi connectivity index (χ4v) is 2.27. The molecule has 7 nitrogen and oxygen atoms in total. The second-order valence-corrected chi connectivity index (χ2v) is 5.50. The molecule has 0 saturated carbocycles. The van der Waals surface area contributed by atoms with Gasteiger partial charge in [0.2, 0.25) is 0 Å². The van der Waals surface area contributed by atoms with Crippen molar-refractivity contribution in [2.75, 3.05) is 19.4 Å². The van der Waals surface area contributed by atoms with Crippen LogP contribution in [0, 0.1) is 6.92 Å². The van der Waals surface area contributed by atoms with Crippen LogP contribution in [0.5, 0.6) is 0 Å². The first kappa shape index (κ1) is 15.0. The van der Waals surface area contributed by atoms with Gasteiger partial charge in [-0.3, -0.25) is 4.79 Å². The minimum absolute atomic E-state index is 0.00130. The first-order chi connectivity index (χ1) is 11.0. The standard InChI is InChI=1S/C16H18N6O/c1-11-8-14(22-16(20-11)18-10-19-22)17-9-12-4-6-13(7-5-12)15(23)21(2)3/h4-8,10,17H,9H2,1-3H3. The van der Waals surface area contributed by atoms with Crippen molar-refractivity contribution in [3.05, 3.63) is 53.5 Å². The van der Waals surface area contributed by atoms with Crippen LogP contribution in [0.2, 0.25) is 0 Å². The summed E-state index contributed by atoms with van der Waals surface area (Å²) in [6, 6.07) is 9.47. The van der Waals surface area contributed by atoms with Gasteiger partial charge >= 0.3 is 0 Å². The summed E-state index contributed by atoms with van der Waals surface area (Å²) in [5.41, 5.74) is 2.63. The molecule has 0 atom stereocenters. The van der Waals surface area contributed by atoms with Gasteiger partial charge in [-0.2, -0.15) is 14.6 Å². The molecule has 0 unspecified atom stereocenters. The number of amides is 1. The van der Waals surface area contributed by atoms with Crippen LogP contribution in [0.4, 0.5) is 5.82 Å². The molecule has 118 valence electrons. The molecule has 23 heavy (non-hydrogen) atoms. The van der Waals surface area contributed by atoms with Crippen molar-refractivity contribution in [3.63, 3.8) is 0 Å². The number of hydrogen-bond acceptors (Lipinski definition) is 5. The minimum atomic E-state index is -0.00130. The van der Waals surface area contributed by atoms with E-state index in [1.807, 2.05) is 37.3 Å². The predicted octanol–water partition coefficient (Wildman–Crippen LogP) is 1.75. The van der Waals surface area contributed by atoms with Crippen LogP contribution in [-0.4, -0.2) is 44.5 Å². The van der Waals surface area contributed by atoms with Crippen LogP contribution >= 0.6 is 0 Å². The molecule has 0 fully saturated rings. The van der Waals surface area contributed by atoms with Gasteiger partial charge in [0.1, 0.15) is 12.1 Å². The molecular weight excluding hydrogens is 292 g/mol. The van der Waals surface area contributed by atoms with Crippen LogP contribution in [0.25, 0.3) is 5.78 Å². The summed E-state index contributed by atoms with van der Waals surface area (Å²) in [7, 11) is 3.49. The molecule has 0 aliphatic heterocycles. The SMILES string of the molecule is Cc1cc(NCc2ccc(C(=O)N(C)C)cc2)n2ncnc2n1. The molecule has 0 spiro atoms. The highest BCUT2D eigenvalue weighted by atomic mass is 16.2. The number of nitrogens with one attached hydrogen (secondary N) is 1. The average Bonchev–Trinajstić information content (AvgIpc) is 3.00. The minimum Gasteiger partial charge on any atom is -0.366 e. The maximum Gasteiger partial charge on any atom is 0.254 e. The molecule has 1 aromatic carbocycles. The van der Waals surface area contributed by atoms with E-state index in [1.54, 1.807) is 23.5 Å². The summed E-state index contributed by atoms with van der Waals surface area (Å²) in [6.45, 7) is 2.54. The summed E-state index contributed by atoms with van der Waals surface area (Å²) >= 11 is 0. The van der Waals surface area contributed by atoms with Gasteiger partial charge < -0.3 is 10.2 Å². The van der Waals surface area contributed by atoms with Crippen LogP contribution in [-0.2, 0) is 6.54 Å². The first-order valence-electron chi connectivity index (χ1n) is 7.26. The third kappa shape index (κ3) is 3.13. The summed E-state index contributed by atoms with van der Waals surface area (Å²) in [5.74, 6) is 1.40. The Morgan fingerprint density at radius 1 is 1.26 bits per heavy atom. The van der Waals surface area contributed by atoms with E-state index >= 15 is 0 Å². The lowest BCUT2D eigenvalue weighted by Gasteiger charge is -2.11. The summed E-state index contributed by atoms with van der Waals surface area (Å²) < 4.78 is 1.66. The van der Waals surface area contributed by atoms with Gasteiger partial charge in [0.05, 0.1) is 0 Å². The largest absolute Gasteiger partial charge is 0.366 e. The molecular formula is C16H18N6O. The number of aryl methyl sites for hydroxylation is 1. The van der Waals surface area contributed by atoms with Crippen molar-refractivity contribution in [2.45, 2.75) is 13.5 Å². The Bertz CT molecular complexity index is 837. The van der Waals surface area contributed by atoms with E-state index in [-0.39, 0.29) is 5.91 Å². The molecule has 0 saturated heterocycles. The highest BCUT2D eigenvalue weighted by Gasteiger charge is 2.08. The lowest BCUT2D eigenvalue weighted by molar-refractivity contribution is 0.0827. The number of anilines is 1. The zero-order chi connectivity index (χ0) is 16.4. The first-order valence-corrected chi connectivity index (χ1v) is 7.26. The van der Waals surface area contributed by atoms with Gasteiger partial charge in [-0.05, 0) is 24.6 Å². The summed E-state index contributed by atoms with van der Waals surface area (Å²) in [4.78, 5) is 21.8. The number of benzene rings is 1. The number of rotatable bonds is 4. The number of carbonyl (C=O) groups excluding carboxylic acids is 1. The molecule has 0 aliphatic carbocycles. The third-order valence-electron chi connectivity index (χ3n) is 3.46. The van der Waals surface area contributed by atoms with Crippen molar-refractivity contribution in [1.29, 1.82) is 0 Å². The summed E-state index contributed by atoms with van der Waals surface area (Å²) in [6.07, 6.45) is 1.48. The van der Waals surface area contributed by atoms with Gasteiger partial charge in [-0.25, -0.2) is 4.98 Å². The van der Waals surface area contributed by atoms with Crippen molar-refractivity contribution in [3.8, 4) is 0 Å². The average molecular weight is 310 g/mol. The van der Waals surface area contributed by atoms with Crippen LogP contribution < -0.4 is 5.32 Å². The molecule has 2 aromatic heterocycles. The van der Waals surface area contributed by atoms with Crippen molar-refractivity contribution >= 4 is 17.5 Å². The van der Waals surface area contributed by atoms with Gasteiger partial charge in [0.25, 0.3) is 11.7 Å². The maximum atomic E-state index is 11.9. The number of carbonyl (C=O) groups is 1. The second-order valence-electron chi connectivity index (χ2n) is 5.50. The van der Waals surface area contributed by atoms with Crippen molar-refractivity contribution < 1.29 is 4.79 Å². The topological polar surface area (TPSA) is 75.4 Å². The zero-order valence-electron chi connectivity index (χ0n) is 13.3. The zero-order valence-corrected chi connectivity index (χ0v) is 13.3. The quantitative estimate of drug-likeness (QED) is 0.794. The Morgan fingerprint density at radius 3 is 2.70 bits per heavy atom. The molecule has 0 radical (unpaired) electrons. The van der Waals surface area contributed by atoms with Crippen LogP contribution in [0.1, 0.15) is 21.6 Å². The van der Waals surface area contributed by atoms with E-state index in [9.17, 15) is 4.79 Å². The summed E-state index contributed by atoms with van der Waals surface area (Å²) in [5, 5.41) is 7.49. The van der Waals surface area contributed by atoms with Gasteiger partial charge in [-0.1, -0.05) is 12.1 Å². The molecule has 0 bridgehead atoms. The Balaban J connectivity index is 1.75. The number of aromatic nitrogens is 4. The van der Waals surface area contributed by atoms with E-state index in [2.05, 4.69) is 20.4 Å². The van der Waals surface area contributed by atoms with Gasteiger partial charge in [0, 0.05) is 38.0 Å². The molecule has 0 aliphatic rings. The Morgan fingerprint density at radius 2 is 2.00 bits per heavy atom. The van der Waals surface area contributed by atoms with Gasteiger partial charge in [-0.15, -0.1) is 0 Å². The lowest BCUT2D eigenvalue weighted by Crippen LogP contribution is -2.21. The van der Waals surface area contributed by atoms with Crippen LogP contribution in [0.15, 0.2) is 36.7 Å². The van der Waals surface area contributed by atoms with E-state index in [1.165, 1.54) is 6.33 Å². The van der Waals surface area contributed by atoms with Crippen LogP contribution in [0.3, 0.4) is 0 Å². The lowest BCUT2D eigenvalue weighted by atomic mass is 10.1. The monoisotopic (exact) mass is 310 g/mol.